The summed E-state index contributed by atoms with van der Waals surface area (Å²) in [5.74, 6) is 2.57. The standard InChI is InChI=1S/C11H17ClN4O2S3/c12-9-1-2-10(20-9)21(17,18)15-4-3-14-11(13)16-5-7-19-8-6-16/h1-2,15H,3-8H2,(H2,13,14). The largest absolute Gasteiger partial charge is 0.370 e. The summed E-state index contributed by atoms with van der Waals surface area (Å²) in [7, 11) is -3.51. The number of thiophene rings is 1. The Hall–Kier alpha value is -0.480. The molecule has 1 saturated heterocycles. The van der Waals surface area contributed by atoms with Gasteiger partial charge in [0.2, 0.25) is 10.0 Å². The van der Waals surface area contributed by atoms with Crippen LogP contribution in [0.2, 0.25) is 4.34 Å². The highest BCUT2D eigenvalue weighted by molar-refractivity contribution is 7.99. The van der Waals surface area contributed by atoms with Gasteiger partial charge in [-0.05, 0) is 12.1 Å². The zero-order chi connectivity index (χ0) is 15.3. The molecule has 21 heavy (non-hydrogen) atoms. The third kappa shape index (κ3) is 5.03. The SMILES string of the molecule is NC(=NCCNS(=O)(=O)c1ccc(Cl)s1)N1CCSCC1. The number of aliphatic imine (C=N–C) groups is 1. The number of guanidine groups is 1. The molecule has 0 radical (unpaired) electrons. The molecule has 0 atom stereocenters. The third-order valence-electron chi connectivity index (χ3n) is 2.83. The number of hydrogen-bond acceptors (Lipinski definition) is 5. The van der Waals surface area contributed by atoms with E-state index < -0.39 is 10.0 Å². The van der Waals surface area contributed by atoms with Crippen LogP contribution in [0, 0.1) is 0 Å². The van der Waals surface area contributed by atoms with Crippen molar-refractivity contribution >= 4 is 50.7 Å². The molecule has 0 bridgehead atoms. The minimum Gasteiger partial charge on any atom is -0.370 e. The van der Waals surface area contributed by atoms with Crippen LogP contribution in [0.5, 0.6) is 0 Å². The average Bonchev–Trinajstić information content (AvgIpc) is 2.92. The molecular formula is C11H17ClN4O2S3. The van der Waals surface area contributed by atoms with Crippen molar-refractivity contribution < 1.29 is 8.42 Å². The zero-order valence-electron chi connectivity index (χ0n) is 11.3. The molecule has 0 unspecified atom stereocenters. The molecule has 2 rings (SSSR count). The zero-order valence-corrected chi connectivity index (χ0v) is 14.5. The van der Waals surface area contributed by atoms with Crippen molar-refractivity contribution in [1.29, 1.82) is 0 Å². The van der Waals surface area contributed by atoms with Crippen LogP contribution in [0.15, 0.2) is 21.3 Å². The molecule has 1 aliphatic rings. The van der Waals surface area contributed by atoms with Gasteiger partial charge < -0.3 is 10.6 Å². The molecule has 0 saturated carbocycles. The first-order valence-corrected chi connectivity index (χ1v) is 10.2. The minimum absolute atomic E-state index is 0.206. The van der Waals surface area contributed by atoms with Crippen LogP contribution in [0.4, 0.5) is 0 Å². The van der Waals surface area contributed by atoms with Crippen molar-refractivity contribution in [2.24, 2.45) is 10.7 Å². The lowest BCUT2D eigenvalue weighted by Gasteiger charge is -2.27. The van der Waals surface area contributed by atoms with Gasteiger partial charge in [-0.1, -0.05) is 11.6 Å². The van der Waals surface area contributed by atoms with Gasteiger partial charge in [0.25, 0.3) is 0 Å². The van der Waals surface area contributed by atoms with Crippen LogP contribution in [0.1, 0.15) is 0 Å². The van der Waals surface area contributed by atoms with Gasteiger partial charge in [0.15, 0.2) is 5.96 Å². The van der Waals surface area contributed by atoms with E-state index in [0.29, 0.717) is 16.8 Å². The fourth-order valence-corrected chi connectivity index (χ4v) is 5.21. The van der Waals surface area contributed by atoms with E-state index in [1.54, 1.807) is 6.07 Å². The van der Waals surface area contributed by atoms with Crippen molar-refractivity contribution in [3.05, 3.63) is 16.5 Å². The van der Waals surface area contributed by atoms with Gasteiger partial charge in [-0.2, -0.15) is 11.8 Å². The van der Waals surface area contributed by atoms with Crippen LogP contribution in [0.25, 0.3) is 0 Å². The molecule has 1 fully saturated rings. The number of nitrogens with two attached hydrogens (primary N) is 1. The number of nitrogens with one attached hydrogen (secondary N) is 1. The fourth-order valence-electron chi connectivity index (χ4n) is 1.76. The normalized spacial score (nSPS) is 17.2. The summed E-state index contributed by atoms with van der Waals surface area (Å²) < 4.78 is 27.0. The summed E-state index contributed by atoms with van der Waals surface area (Å²) in [6.07, 6.45) is 0. The van der Waals surface area contributed by atoms with Crippen LogP contribution in [0.3, 0.4) is 0 Å². The molecule has 0 aromatic carbocycles. The quantitative estimate of drug-likeness (QED) is 0.460. The van der Waals surface area contributed by atoms with Crippen LogP contribution in [-0.2, 0) is 10.0 Å². The number of thioether (sulfide) groups is 1. The van der Waals surface area contributed by atoms with Gasteiger partial charge >= 0.3 is 0 Å². The summed E-state index contributed by atoms with van der Waals surface area (Å²) >= 11 is 8.66. The van der Waals surface area contributed by atoms with Gasteiger partial charge in [0.05, 0.1) is 10.9 Å². The van der Waals surface area contributed by atoms with Crippen molar-refractivity contribution in [3.63, 3.8) is 0 Å². The summed E-state index contributed by atoms with van der Waals surface area (Å²) in [6.45, 7) is 2.30. The topological polar surface area (TPSA) is 87.8 Å². The second-order valence-electron chi connectivity index (χ2n) is 4.30. The van der Waals surface area contributed by atoms with Crippen molar-refractivity contribution in [1.82, 2.24) is 9.62 Å². The third-order valence-corrected chi connectivity index (χ3v) is 6.95. The second kappa shape index (κ2) is 7.68. The molecule has 10 heteroatoms. The van der Waals surface area contributed by atoms with E-state index in [4.69, 9.17) is 17.3 Å². The molecule has 1 aromatic rings. The van der Waals surface area contributed by atoms with E-state index >= 15 is 0 Å². The number of nitrogens with zero attached hydrogens (tertiary/aromatic N) is 2. The fraction of sp³-hybridized carbons (Fsp3) is 0.545. The summed E-state index contributed by atoms with van der Waals surface area (Å²) in [5.41, 5.74) is 5.89. The van der Waals surface area contributed by atoms with Crippen LogP contribution < -0.4 is 10.5 Å². The molecule has 0 amide bonds. The first-order valence-electron chi connectivity index (χ1n) is 6.36. The van der Waals surface area contributed by atoms with Crippen LogP contribution in [-0.4, -0.2) is 57.0 Å². The van der Waals surface area contributed by atoms with E-state index in [0.717, 1.165) is 35.9 Å². The summed E-state index contributed by atoms with van der Waals surface area (Å²) in [6, 6.07) is 3.05. The minimum atomic E-state index is -3.51. The Bertz CT molecular complexity index is 596. The first-order chi connectivity index (χ1) is 9.99. The lowest BCUT2D eigenvalue weighted by atomic mass is 10.5. The maximum atomic E-state index is 11.9. The van der Waals surface area contributed by atoms with Crippen LogP contribution >= 0.6 is 34.7 Å². The maximum absolute atomic E-state index is 11.9. The highest BCUT2D eigenvalue weighted by Crippen LogP contribution is 2.25. The van der Waals surface area contributed by atoms with Gasteiger partial charge in [0.1, 0.15) is 4.21 Å². The summed E-state index contributed by atoms with van der Waals surface area (Å²) in [5, 5.41) is 0. The Morgan fingerprint density at radius 2 is 2.14 bits per heavy atom. The molecular weight excluding hydrogens is 352 g/mol. The monoisotopic (exact) mass is 368 g/mol. The lowest BCUT2D eigenvalue weighted by molar-refractivity contribution is 0.456. The van der Waals surface area contributed by atoms with E-state index in [9.17, 15) is 8.42 Å². The van der Waals surface area contributed by atoms with Crippen molar-refractivity contribution in [2.45, 2.75) is 4.21 Å². The molecule has 6 nitrogen and oxygen atoms in total. The highest BCUT2D eigenvalue weighted by Gasteiger charge is 2.16. The van der Waals surface area contributed by atoms with E-state index in [-0.39, 0.29) is 10.8 Å². The van der Waals surface area contributed by atoms with E-state index in [2.05, 4.69) is 9.71 Å². The van der Waals surface area contributed by atoms with Crippen molar-refractivity contribution in [3.8, 4) is 0 Å². The molecule has 118 valence electrons. The van der Waals surface area contributed by atoms with E-state index in [1.165, 1.54) is 6.07 Å². The Morgan fingerprint density at radius 3 is 2.76 bits per heavy atom. The number of hydrogen-bond donors (Lipinski definition) is 2. The molecule has 3 N–H and O–H groups in total. The lowest BCUT2D eigenvalue weighted by Crippen LogP contribution is -2.43. The Labute approximate surface area is 137 Å². The highest BCUT2D eigenvalue weighted by atomic mass is 35.5. The van der Waals surface area contributed by atoms with Gasteiger partial charge in [-0.25, -0.2) is 13.1 Å². The Balaban J connectivity index is 1.81. The Kier molecular flexibility index (Phi) is 6.18. The molecule has 0 aliphatic carbocycles. The van der Waals surface area contributed by atoms with E-state index in [1.807, 2.05) is 16.7 Å². The van der Waals surface area contributed by atoms with Crippen molar-refractivity contribution in [2.75, 3.05) is 37.7 Å². The molecule has 1 aromatic heterocycles. The summed E-state index contributed by atoms with van der Waals surface area (Å²) in [4.78, 5) is 6.23. The Morgan fingerprint density at radius 1 is 1.43 bits per heavy atom. The van der Waals surface area contributed by atoms with Gasteiger partial charge in [-0.15, -0.1) is 11.3 Å². The number of halogens is 1. The average molecular weight is 369 g/mol. The first kappa shape index (κ1) is 16.9. The molecule has 0 spiro atoms. The molecule has 2 heterocycles. The predicted molar refractivity (Wildman–Crippen MR) is 89.9 cm³/mol. The predicted octanol–water partition coefficient (Wildman–Crippen LogP) is 1.04. The maximum Gasteiger partial charge on any atom is 0.250 e. The number of rotatable bonds is 5. The number of sulfonamides is 1. The van der Waals surface area contributed by atoms with Gasteiger partial charge in [-0.3, -0.25) is 4.99 Å². The second-order valence-corrected chi connectivity index (χ2v) is 9.23. The van der Waals surface area contributed by atoms with Gasteiger partial charge in [0, 0.05) is 31.1 Å². The smallest absolute Gasteiger partial charge is 0.250 e. The molecule has 1 aliphatic heterocycles.